The molecule has 0 bridgehead atoms. The number of carbonyl (C=O) groups excluding carboxylic acids is 1. The van der Waals surface area contributed by atoms with E-state index in [1.807, 2.05) is 27.8 Å². The molecule has 1 aromatic heterocycles. The molecule has 1 N–H and O–H groups in total. The maximum atomic E-state index is 12.9. The first-order valence-electron chi connectivity index (χ1n) is 8.13. The fourth-order valence-electron chi connectivity index (χ4n) is 3.27. The van der Waals surface area contributed by atoms with Crippen molar-refractivity contribution in [2.75, 3.05) is 11.9 Å². The molecule has 3 rings (SSSR count). The molecule has 0 fully saturated rings. The van der Waals surface area contributed by atoms with E-state index in [-0.39, 0.29) is 17.6 Å². The number of hydrogen-bond donors (Lipinski definition) is 1. The minimum absolute atomic E-state index is 0.115. The molecule has 1 aliphatic rings. The van der Waals surface area contributed by atoms with E-state index in [0.29, 0.717) is 12.2 Å². The third-order valence-corrected chi connectivity index (χ3v) is 5.11. The number of urea groups is 1. The topological polar surface area (TPSA) is 78.7 Å². The van der Waals surface area contributed by atoms with Gasteiger partial charge in [-0.3, -0.25) is 9.58 Å². The smallest absolute Gasteiger partial charge is 0.335 e. The fourth-order valence-corrected chi connectivity index (χ4v) is 3.27. The van der Waals surface area contributed by atoms with Crippen LogP contribution in [0.2, 0.25) is 0 Å². The molecule has 2 amide bonds. The highest BCUT2D eigenvalue weighted by molar-refractivity contribution is 5.97. The zero-order valence-electron chi connectivity index (χ0n) is 15.1. The Balaban J connectivity index is 2.12. The molecule has 0 saturated heterocycles. The van der Waals surface area contributed by atoms with Crippen LogP contribution in [0.4, 0.5) is 10.5 Å². The van der Waals surface area contributed by atoms with Crippen molar-refractivity contribution in [2.24, 2.45) is 7.05 Å². The lowest BCUT2D eigenvalue weighted by atomic mass is 9.99. The van der Waals surface area contributed by atoms with Gasteiger partial charge in [0.15, 0.2) is 0 Å². The second-order valence-corrected chi connectivity index (χ2v) is 6.52. The number of amides is 2. The van der Waals surface area contributed by atoms with Crippen LogP contribution >= 0.6 is 0 Å². The number of nitrogens with zero attached hydrogens (tertiary/aromatic N) is 4. The van der Waals surface area contributed by atoms with E-state index >= 15 is 0 Å². The van der Waals surface area contributed by atoms with Crippen molar-refractivity contribution in [1.82, 2.24) is 14.7 Å². The molecule has 7 heteroatoms. The van der Waals surface area contributed by atoms with Gasteiger partial charge in [0.2, 0.25) is 0 Å². The third-order valence-electron chi connectivity index (χ3n) is 5.11. The van der Waals surface area contributed by atoms with E-state index in [1.54, 1.807) is 39.7 Å². The van der Waals surface area contributed by atoms with Gasteiger partial charge in [-0.1, -0.05) is 6.07 Å². The van der Waals surface area contributed by atoms with Gasteiger partial charge in [0.1, 0.15) is 0 Å². The van der Waals surface area contributed by atoms with Crippen molar-refractivity contribution in [1.29, 1.82) is 0 Å². The van der Waals surface area contributed by atoms with E-state index in [0.717, 1.165) is 22.5 Å². The van der Waals surface area contributed by atoms with Crippen molar-refractivity contribution in [2.45, 2.75) is 33.4 Å². The van der Waals surface area contributed by atoms with Crippen LogP contribution in [0.3, 0.4) is 0 Å². The third kappa shape index (κ3) is 2.65. The zero-order valence-corrected chi connectivity index (χ0v) is 15.1. The minimum Gasteiger partial charge on any atom is -0.478 e. The van der Waals surface area contributed by atoms with Gasteiger partial charge in [-0.25, -0.2) is 9.59 Å². The Morgan fingerprint density at radius 3 is 2.52 bits per heavy atom. The normalized spacial score (nSPS) is 17.0. The number of benzene rings is 1. The molecule has 0 saturated carbocycles. The van der Waals surface area contributed by atoms with E-state index in [9.17, 15) is 14.7 Å². The first kappa shape index (κ1) is 17.0. The summed E-state index contributed by atoms with van der Waals surface area (Å²) in [5.41, 5.74) is 4.64. The molecule has 0 unspecified atom stereocenters. The summed E-state index contributed by atoms with van der Waals surface area (Å²) in [5.74, 6) is -1.01. The van der Waals surface area contributed by atoms with Gasteiger partial charge < -0.3 is 10.0 Å². The lowest BCUT2D eigenvalue weighted by molar-refractivity contribution is 0.0696. The lowest BCUT2D eigenvalue weighted by Crippen LogP contribution is -2.47. The van der Waals surface area contributed by atoms with Crippen LogP contribution in [0.5, 0.6) is 0 Å². The van der Waals surface area contributed by atoms with Crippen LogP contribution in [-0.2, 0) is 13.6 Å². The molecule has 132 valence electrons. The van der Waals surface area contributed by atoms with Crippen molar-refractivity contribution in [3.63, 3.8) is 0 Å². The molecule has 7 nitrogen and oxygen atoms in total. The summed E-state index contributed by atoms with van der Waals surface area (Å²) < 4.78 is 1.77. The fraction of sp³-hybridized carbons (Fsp3) is 0.389. The Morgan fingerprint density at radius 1 is 1.28 bits per heavy atom. The summed E-state index contributed by atoms with van der Waals surface area (Å²) in [5, 5.41) is 13.7. The second kappa shape index (κ2) is 5.91. The standard InChI is InChI=1S/C18H22N4O3/c1-10-11(2)19-21(5)16(10)9-22-15-8-13(17(23)24)6-7-14(15)12(3)20(4)18(22)25/h6-8,12H,9H2,1-5H3,(H,23,24)/t12-/m0/s1. The number of aryl methyl sites for hydroxylation is 2. The average Bonchev–Trinajstić information content (AvgIpc) is 2.81. The zero-order chi connectivity index (χ0) is 18.5. The summed E-state index contributed by atoms with van der Waals surface area (Å²) >= 11 is 0. The largest absolute Gasteiger partial charge is 0.478 e. The number of fused-ring (bicyclic) bond motifs is 1. The molecule has 2 heterocycles. The van der Waals surface area contributed by atoms with Gasteiger partial charge in [-0.05, 0) is 44.0 Å². The monoisotopic (exact) mass is 342 g/mol. The number of hydrogen-bond acceptors (Lipinski definition) is 3. The summed E-state index contributed by atoms with van der Waals surface area (Å²) in [7, 11) is 3.61. The molecular weight excluding hydrogens is 320 g/mol. The van der Waals surface area contributed by atoms with Crippen LogP contribution in [0.15, 0.2) is 18.2 Å². The van der Waals surface area contributed by atoms with Crippen molar-refractivity contribution >= 4 is 17.7 Å². The predicted molar refractivity (Wildman–Crippen MR) is 93.8 cm³/mol. The maximum absolute atomic E-state index is 12.9. The quantitative estimate of drug-likeness (QED) is 0.930. The molecule has 0 radical (unpaired) electrons. The van der Waals surface area contributed by atoms with Gasteiger partial charge >= 0.3 is 12.0 Å². The van der Waals surface area contributed by atoms with Crippen LogP contribution < -0.4 is 4.90 Å². The molecule has 1 aliphatic heterocycles. The number of aromatic nitrogens is 2. The van der Waals surface area contributed by atoms with Gasteiger partial charge in [-0.2, -0.15) is 5.10 Å². The highest BCUT2D eigenvalue weighted by atomic mass is 16.4. The first-order valence-corrected chi connectivity index (χ1v) is 8.13. The Labute approximate surface area is 146 Å². The first-order chi connectivity index (χ1) is 11.7. The number of rotatable bonds is 3. The predicted octanol–water partition coefficient (Wildman–Crippen LogP) is 2.87. The molecule has 1 aromatic carbocycles. The lowest BCUT2D eigenvalue weighted by Gasteiger charge is -2.39. The molecule has 2 aromatic rings. The number of anilines is 1. The van der Waals surface area contributed by atoms with Crippen molar-refractivity contribution in [3.8, 4) is 0 Å². The van der Waals surface area contributed by atoms with Crippen LogP contribution in [0.25, 0.3) is 0 Å². The Bertz CT molecular complexity index is 871. The number of carbonyl (C=O) groups is 2. The summed E-state index contributed by atoms with van der Waals surface area (Å²) in [6, 6.07) is 4.69. The molecule has 0 aliphatic carbocycles. The van der Waals surface area contributed by atoms with E-state index < -0.39 is 5.97 Å². The number of carboxylic acid groups (broad SMARTS) is 1. The van der Waals surface area contributed by atoms with E-state index in [4.69, 9.17) is 0 Å². The Hall–Kier alpha value is -2.83. The molecule has 1 atom stereocenters. The maximum Gasteiger partial charge on any atom is 0.335 e. The Kier molecular flexibility index (Phi) is 4.02. The average molecular weight is 342 g/mol. The molecular formula is C18H22N4O3. The highest BCUT2D eigenvalue weighted by Gasteiger charge is 2.34. The number of aromatic carboxylic acids is 1. The SMILES string of the molecule is Cc1nn(C)c(CN2C(=O)N(C)[C@@H](C)c3ccc(C(=O)O)cc32)c1C. The van der Waals surface area contributed by atoms with Crippen LogP contribution in [0, 0.1) is 13.8 Å². The van der Waals surface area contributed by atoms with E-state index in [1.165, 1.54) is 0 Å². The van der Waals surface area contributed by atoms with E-state index in [2.05, 4.69) is 5.10 Å². The summed E-state index contributed by atoms with van der Waals surface area (Å²) in [4.78, 5) is 27.5. The Morgan fingerprint density at radius 2 is 1.96 bits per heavy atom. The second-order valence-electron chi connectivity index (χ2n) is 6.52. The minimum atomic E-state index is -1.01. The summed E-state index contributed by atoms with van der Waals surface area (Å²) in [6.07, 6.45) is 0. The van der Waals surface area contributed by atoms with Crippen LogP contribution in [-0.4, -0.2) is 38.8 Å². The summed E-state index contributed by atoms with van der Waals surface area (Å²) in [6.45, 7) is 6.19. The molecule has 25 heavy (non-hydrogen) atoms. The molecule has 0 spiro atoms. The van der Waals surface area contributed by atoms with Crippen molar-refractivity contribution in [3.05, 3.63) is 46.3 Å². The highest BCUT2D eigenvalue weighted by Crippen LogP contribution is 2.37. The van der Waals surface area contributed by atoms with Crippen molar-refractivity contribution < 1.29 is 14.7 Å². The van der Waals surface area contributed by atoms with Gasteiger partial charge in [0, 0.05) is 14.1 Å². The van der Waals surface area contributed by atoms with Gasteiger partial charge in [0.05, 0.1) is 35.2 Å². The van der Waals surface area contributed by atoms with Crippen LogP contribution in [0.1, 0.15) is 45.8 Å². The number of carboxylic acids is 1. The van der Waals surface area contributed by atoms with Gasteiger partial charge in [-0.15, -0.1) is 0 Å². The van der Waals surface area contributed by atoms with Gasteiger partial charge in [0.25, 0.3) is 0 Å².